The maximum atomic E-state index is 11.0. The molecule has 0 saturated carbocycles. The van der Waals surface area contributed by atoms with E-state index in [1.165, 1.54) is 0 Å². The van der Waals surface area contributed by atoms with Crippen LogP contribution in [0.2, 0.25) is 0 Å². The molecule has 3 nitrogen and oxygen atoms in total. The van der Waals surface area contributed by atoms with Gasteiger partial charge in [-0.25, -0.2) is 4.79 Å². The summed E-state index contributed by atoms with van der Waals surface area (Å²) >= 11 is 0. The molecular formula is C17H27NO2. The number of carboxylic acid groups (broad SMARTS) is 1. The predicted molar refractivity (Wildman–Crippen MR) is 84.7 cm³/mol. The van der Waals surface area contributed by atoms with Crippen molar-refractivity contribution >= 4 is 11.7 Å². The molecule has 0 radical (unpaired) electrons. The van der Waals surface area contributed by atoms with Gasteiger partial charge >= 0.3 is 5.97 Å². The number of rotatable bonds is 7. The van der Waals surface area contributed by atoms with E-state index in [0.717, 1.165) is 30.6 Å². The van der Waals surface area contributed by atoms with Crippen LogP contribution >= 0.6 is 0 Å². The van der Waals surface area contributed by atoms with E-state index in [4.69, 9.17) is 5.11 Å². The Hall–Kier alpha value is -1.51. The number of nitrogens with zero attached hydrogens (tertiary/aromatic N) is 1. The summed E-state index contributed by atoms with van der Waals surface area (Å²) < 4.78 is 0. The molecule has 3 heteroatoms. The van der Waals surface area contributed by atoms with Gasteiger partial charge in [0.25, 0.3) is 0 Å². The van der Waals surface area contributed by atoms with Crippen molar-refractivity contribution in [2.45, 2.75) is 53.5 Å². The molecule has 0 heterocycles. The Balaban J connectivity index is 3.16. The Bertz CT molecular complexity index is 450. The average Bonchev–Trinajstić information content (AvgIpc) is 2.38. The second kappa shape index (κ2) is 7.32. The van der Waals surface area contributed by atoms with Gasteiger partial charge in [-0.05, 0) is 49.4 Å². The fraction of sp³-hybridized carbons (Fsp3) is 0.588. The van der Waals surface area contributed by atoms with E-state index in [0.29, 0.717) is 17.5 Å². The van der Waals surface area contributed by atoms with Crippen molar-refractivity contribution in [3.8, 4) is 0 Å². The minimum atomic E-state index is -0.863. The molecule has 1 N–H and O–H groups in total. The highest BCUT2D eigenvalue weighted by atomic mass is 16.4. The minimum Gasteiger partial charge on any atom is -0.478 e. The monoisotopic (exact) mass is 277 g/mol. The Morgan fingerprint density at radius 2 is 1.85 bits per heavy atom. The van der Waals surface area contributed by atoms with E-state index in [2.05, 4.69) is 32.6 Å². The van der Waals surface area contributed by atoms with Gasteiger partial charge in [-0.15, -0.1) is 0 Å². The van der Waals surface area contributed by atoms with Crippen molar-refractivity contribution < 1.29 is 9.90 Å². The molecule has 1 rings (SSSR count). The lowest BCUT2D eigenvalue weighted by Crippen LogP contribution is -2.37. The van der Waals surface area contributed by atoms with Gasteiger partial charge < -0.3 is 10.0 Å². The highest BCUT2D eigenvalue weighted by molar-refractivity contribution is 5.88. The van der Waals surface area contributed by atoms with Crippen LogP contribution in [0, 0.1) is 12.8 Å². The van der Waals surface area contributed by atoms with Gasteiger partial charge in [-0.1, -0.05) is 27.7 Å². The summed E-state index contributed by atoms with van der Waals surface area (Å²) in [6.45, 7) is 11.9. The first kappa shape index (κ1) is 16.5. The molecule has 0 unspecified atom stereocenters. The number of hydrogen-bond acceptors (Lipinski definition) is 2. The van der Waals surface area contributed by atoms with Crippen LogP contribution in [0.5, 0.6) is 0 Å². The van der Waals surface area contributed by atoms with Gasteiger partial charge in [0.1, 0.15) is 0 Å². The molecule has 0 spiro atoms. The zero-order chi connectivity index (χ0) is 15.3. The summed E-state index contributed by atoms with van der Waals surface area (Å²) in [6, 6.07) is 5.94. The topological polar surface area (TPSA) is 40.5 Å². The lowest BCUT2D eigenvalue weighted by molar-refractivity contribution is 0.0697. The van der Waals surface area contributed by atoms with Crippen LogP contribution in [0.25, 0.3) is 0 Å². The number of hydrogen-bond donors (Lipinski definition) is 1. The molecule has 112 valence electrons. The fourth-order valence-corrected chi connectivity index (χ4v) is 2.68. The Kier molecular flexibility index (Phi) is 6.05. The maximum absolute atomic E-state index is 11.0. The van der Waals surface area contributed by atoms with E-state index in [1.54, 1.807) is 12.1 Å². The molecule has 1 aromatic rings. The molecule has 0 atom stereocenters. The molecule has 1 aromatic carbocycles. The summed E-state index contributed by atoms with van der Waals surface area (Å²) in [5.41, 5.74) is 2.56. The van der Waals surface area contributed by atoms with Crippen LogP contribution in [0.4, 0.5) is 5.69 Å². The van der Waals surface area contributed by atoms with E-state index < -0.39 is 5.97 Å². The van der Waals surface area contributed by atoms with Gasteiger partial charge in [0.2, 0.25) is 0 Å². The first-order valence-electron chi connectivity index (χ1n) is 7.51. The summed E-state index contributed by atoms with van der Waals surface area (Å²) in [5, 5.41) is 9.07. The molecule has 0 aliphatic carbocycles. The number of aromatic carboxylic acids is 1. The number of benzene rings is 1. The minimum absolute atomic E-state index is 0.361. The van der Waals surface area contributed by atoms with Crippen LogP contribution in [0.3, 0.4) is 0 Å². The van der Waals surface area contributed by atoms with E-state index in [1.807, 2.05) is 13.0 Å². The molecule has 0 aliphatic rings. The first-order valence-corrected chi connectivity index (χ1v) is 7.51. The van der Waals surface area contributed by atoms with Gasteiger partial charge in [0, 0.05) is 18.3 Å². The standard InChI is InChI=1S/C17H27NO2/c1-6-15(7-2)18(11-12(3)4)16-9-8-14(17(19)20)10-13(16)5/h8-10,12,15H,6-7,11H2,1-5H3,(H,19,20). The van der Waals surface area contributed by atoms with Crippen molar-refractivity contribution in [2.75, 3.05) is 11.4 Å². The van der Waals surface area contributed by atoms with Gasteiger partial charge in [-0.2, -0.15) is 0 Å². The molecular weight excluding hydrogens is 250 g/mol. The van der Waals surface area contributed by atoms with Crippen molar-refractivity contribution in [3.63, 3.8) is 0 Å². The highest BCUT2D eigenvalue weighted by Gasteiger charge is 2.19. The average molecular weight is 277 g/mol. The van der Waals surface area contributed by atoms with E-state index in [-0.39, 0.29) is 0 Å². The van der Waals surface area contributed by atoms with Crippen molar-refractivity contribution in [1.82, 2.24) is 0 Å². The highest BCUT2D eigenvalue weighted by Crippen LogP contribution is 2.26. The van der Waals surface area contributed by atoms with Crippen molar-refractivity contribution in [3.05, 3.63) is 29.3 Å². The normalized spacial score (nSPS) is 11.2. The lowest BCUT2D eigenvalue weighted by atomic mass is 10.0. The van der Waals surface area contributed by atoms with E-state index in [9.17, 15) is 4.79 Å². The summed E-state index contributed by atoms with van der Waals surface area (Å²) in [5.74, 6) is -0.285. The van der Waals surface area contributed by atoms with Crippen molar-refractivity contribution in [1.29, 1.82) is 0 Å². The third-order valence-corrected chi connectivity index (χ3v) is 3.70. The SMILES string of the molecule is CCC(CC)N(CC(C)C)c1ccc(C(=O)O)cc1C. The fourth-order valence-electron chi connectivity index (χ4n) is 2.68. The molecule has 0 saturated heterocycles. The van der Waals surface area contributed by atoms with Gasteiger partial charge in [0.05, 0.1) is 5.56 Å². The molecule has 0 amide bonds. The van der Waals surface area contributed by atoms with Crippen LogP contribution in [-0.4, -0.2) is 23.7 Å². The lowest BCUT2D eigenvalue weighted by Gasteiger charge is -2.35. The molecule has 0 bridgehead atoms. The third-order valence-electron chi connectivity index (χ3n) is 3.70. The van der Waals surface area contributed by atoms with E-state index >= 15 is 0 Å². The Morgan fingerprint density at radius 1 is 1.25 bits per heavy atom. The summed E-state index contributed by atoms with van der Waals surface area (Å²) in [7, 11) is 0. The zero-order valence-electron chi connectivity index (χ0n) is 13.3. The van der Waals surface area contributed by atoms with Crippen LogP contribution in [0.15, 0.2) is 18.2 Å². The predicted octanol–water partition coefficient (Wildman–Crippen LogP) is 4.34. The second-order valence-electron chi connectivity index (χ2n) is 5.82. The summed E-state index contributed by atoms with van der Waals surface area (Å²) in [4.78, 5) is 13.5. The number of carboxylic acids is 1. The quantitative estimate of drug-likeness (QED) is 0.805. The smallest absolute Gasteiger partial charge is 0.335 e. The first-order chi connectivity index (χ1) is 9.40. The largest absolute Gasteiger partial charge is 0.478 e. The van der Waals surface area contributed by atoms with Gasteiger partial charge in [-0.3, -0.25) is 0 Å². The Morgan fingerprint density at radius 3 is 2.25 bits per heavy atom. The molecule has 20 heavy (non-hydrogen) atoms. The second-order valence-corrected chi connectivity index (χ2v) is 5.82. The van der Waals surface area contributed by atoms with Crippen LogP contribution < -0.4 is 4.90 Å². The number of anilines is 1. The number of carbonyl (C=O) groups is 1. The molecule has 0 aromatic heterocycles. The molecule has 0 fully saturated rings. The zero-order valence-corrected chi connectivity index (χ0v) is 13.3. The molecule has 0 aliphatic heterocycles. The van der Waals surface area contributed by atoms with Crippen LogP contribution in [-0.2, 0) is 0 Å². The summed E-state index contributed by atoms with van der Waals surface area (Å²) in [6.07, 6.45) is 2.20. The number of aryl methyl sites for hydroxylation is 1. The maximum Gasteiger partial charge on any atom is 0.335 e. The van der Waals surface area contributed by atoms with Crippen LogP contribution in [0.1, 0.15) is 56.5 Å². The van der Waals surface area contributed by atoms with Crippen molar-refractivity contribution in [2.24, 2.45) is 5.92 Å². The Labute approximate surface area is 122 Å². The van der Waals surface area contributed by atoms with Gasteiger partial charge in [0.15, 0.2) is 0 Å². The third kappa shape index (κ3) is 3.99.